The van der Waals surface area contributed by atoms with Crippen LogP contribution in [0.5, 0.6) is 0 Å². The molecule has 0 aliphatic heterocycles. The van der Waals surface area contributed by atoms with Crippen molar-refractivity contribution in [2.75, 3.05) is 17.6 Å². The first-order valence-corrected chi connectivity index (χ1v) is 9.03. The van der Waals surface area contributed by atoms with Gasteiger partial charge in [0.15, 0.2) is 0 Å². The third-order valence-electron chi connectivity index (χ3n) is 3.04. The van der Waals surface area contributed by atoms with E-state index in [0.29, 0.717) is 29.8 Å². The molecular formula is C13H16N8OS2. The van der Waals surface area contributed by atoms with Crippen LogP contribution in [0.3, 0.4) is 0 Å². The number of thioether (sulfide) groups is 1. The van der Waals surface area contributed by atoms with Crippen LogP contribution in [0.4, 0.5) is 10.6 Å². The molecule has 0 aliphatic carbocycles. The maximum absolute atomic E-state index is 12.0. The maximum atomic E-state index is 12.0. The molecule has 0 bridgehead atoms. The predicted molar refractivity (Wildman–Crippen MR) is 92.2 cm³/mol. The Morgan fingerprint density at radius 2 is 2.33 bits per heavy atom. The molecule has 0 atom stereocenters. The van der Waals surface area contributed by atoms with Gasteiger partial charge in [0.05, 0.1) is 12.7 Å². The Morgan fingerprint density at radius 3 is 3.08 bits per heavy atom. The summed E-state index contributed by atoms with van der Waals surface area (Å²) < 4.78 is 3.35. The zero-order chi connectivity index (χ0) is 16.8. The standard InChI is InChI=1S/C13H16N8OS2/c1-20-13(17-18-19-20)24-8-6-14-12(22)16-11-4-5-15-21(11)9-10-3-2-7-23-10/h2-5,7H,6,8-9H2,1H3,(H2,14,16,22). The largest absolute Gasteiger partial charge is 0.337 e. The minimum absolute atomic E-state index is 0.264. The number of anilines is 1. The zero-order valence-electron chi connectivity index (χ0n) is 12.9. The van der Waals surface area contributed by atoms with Crippen LogP contribution in [0, 0.1) is 0 Å². The normalized spacial score (nSPS) is 10.7. The summed E-state index contributed by atoms with van der Waals surface area (Å²) in [6.45, 7) is 1.14. The fraction of sp³-hybridized carbons (Fsp3) is 0.308. The molecule has 0 radical (unpaired) electrons. The van der Waals surface area contributed by atoms with E-state index in [4.69, 9.17) is 0 Å². The molecule has 0 saturated heterocycles. The van der Waals surface area contributed by atoms with Crippen LogP contribution < -0.4 is 10.6 Å². The number of hydrogen-bond donors (Lipinski definition) is 2. The minimum Gasteiger partial charge on any atom is -0.337 e. The third-order valence-corrected chi connectivity index (χ3v) is 4.92. The smallest absolute Gasteiger partial charge is 0.320 e. The molecule has 3 rings (SSSR count). The first-order valence-electron chi connectivity index (χ1n) is 7.16. The highest BCUT2D eigenvalue weighted by Gasteiger charge is 2.08. The van der Waals surface area contributed by atoms with Crippen molar-refractivity contribution in [2.45, 2.75) is 11.7 Å². The number of aromatic nitrogens is 6. The molecule has 9 nitrogen and oxygen atoms in total. The number of aryl methyl sites for hydroxylation is 1. The Balaban J connectivity index is 1.44. The van der Waals surface area contributed by atoms with Crippen LogP contribution in [0.2, 0.25) is 0 Å². The molecule has 0 aromatic carbocycles. The van der Waals surface area contributed by atoms with E-state index < -0.39 is 0 Å². The van der Waals surface area contributed by atoms with Crippen LogP contribution in [-0.4, -0.2) is 48.3 Å². The lowest BCUT2D eigenvalue weighted by Gasteiger charge is -2.09. The molecule has 3 aromatic heterocycles. The Labute approximate surface area is 146 Å². The fourth-order valence-corrected chi connectivity index (χ4v) is 3.32. The average Bonchev–Trinajstić information content (AvgIpc) is 3.29. The van der Waals surface area contributed by atoms with Gasteiger partial charge in [-0.2, -0.15) is 5.10 Å². The summed E-state index contributed by atoms with van der Waals surface area (Å²) in [6, 6.07) is 5.54. The first kappa shape index (κ1) is 16.5. The number of rotatable bonds is 7. The van der Waals surface area contributed by atoms with Gasteiger partial charge in [-0.3, -0.25) is 5.32 Å². The summed E-state index contributed by atoms with van der Waals surface area (Å²) in [7, 11) is 1.78. The highest BCUT2D eigenvalue weighted by Crippen LogP contribution is 2.14. The van der Waals surface area contributed by atoms with Crippen LogP contribution >= 0.6 is 23.1 Å². The van der Waals surface area contributed by atoms with E-state index in [1.807, 2.05) is 17.5 Å². The molecule has 0 spiro atoms. The highest BCUT2D eigenvalue weighted by molar-refractivity contribution is 7.99. The van der Waals surface area contributed by atoms with Crippen LogP contribution in [-0.2, 0) is 13.6 Å². The summed E-state index contributed by atoms with van der Waals surface area (Å²) in [5.41, 5.74) is 0. The molecule has 24 heavy (non-hydrogen) atoms. The third kappa shape index (κ3) is 4.32. The summed E-state index contributed by atoms with van der Waals surface area (Å²) >= 11 is 3.13. The Kier molecular flexibility index (Phi) is 5.43. The monoisotopic (exact) mass is 364 g/mol. The second kappa shape index (κ2) is 7.93. The Bertz CT molecular complexity index is 782. The van der Waals surface area contributed by atoms with Crippen molar-refractivity contribution in [3.8, 4) is 0 Å². The molecule has 0 unspecified atom stereocenters. The van der Waals surface area contributed by atoms with E-state index in [1.54, 1.807) is 40.0 Å². The van der Waals surface area contributed by atoms with Gasteiger partial charge in [0.2, 0.25) is 5.16 Å². The van der Waals surface area contributed by atoms with Crippen LogP contribution in [0.15, 0.2) is 34.9 Å². The number of nitrogens with zero attached hydrogens (tertiary/aromatic N) is 6. The van der Waals surface area contributed by atoms with Crippen molar-refractivity contribution in [2.24, 2.45) is 7.05 Å². The van der Waals surface area contributed by atoms with Crippen molar-refractivity contribution in [1.29, 1.82) is 0 Å². The van der Waals surface area contributed by atoms with Gasteiger partial charge in [-0.25, -0.2) is 14.2 Å². The lowest BCUT2D eigenvalue weighted by atomic mass is 10.4. The van der Waals surface area contributed by atoms with Gasteiger partial charge in [-0.05, 0) is 21.9 Å². The van der Waals surface area contributed by atoms with Gasteiger partial charge in [0.1, 0.15) is 5.82 Å². The first-order chi connectivity index (χ1) is 11.7. The molecule has 11 heteroatoms. The molecule has 126 valence electrons. The van der Waals surface area contributed by atoms with E-state index in [-0.39, 0.29) is 6.03 Å². The molecule has 2 amide bonds. The minimum atomic E-state index is -0.264. The number of hydrogen-bond acceptors (Lipinski definition) is 7. The molecule has 3 aromatic rings. The van der Waals surface area contributed by atoms with E-state index in [2.05, 4.69) is 31.3 Å². The van der Waals surface area contributed by atoms with Gasteiger partial charge in [0, 0.05) is 30.3 Å². The SMILES string of the molecule is Cn1nnnc1SCCNC(=O)Nc1ccnn1Cc1cccs1. The second-order valence-corrected chi connectivity index (χ2v) is 6.86. The number of nitrogens with one attached hydrogen (secondary N) is 2. The predicted octanol–water partition coefficient (Wildman–Crippen LogP) is 1.43. The summed E-state index contributed by atoms with van der Waals surface area (Å²) in [5.74, 6) is 1.34. The lowest BCUT2D eigenvalue weighted by Crippen LogP contribution is -2.31. The number of tetrazole rings is 1. The van der Waals surface area contributed by atoms with Gasteiger partial charge >= 0.3 is 6.03 Å². The molecule has 2 N–H and O–H groups in total. The Hall–Kier alpha value is -2.40. The van der Waals surface area contributed by atoms with Crippen molar-refractivity contribution in [3.63, 3.8) is 0 Å². The molecule has 0 saturated carbocycles. The second-order valence-electron chi connectivity index (χ2n) is 4.77. The van der Waals surface area contributed by atoms with Crippen LogP contribution in [0.25, 0.3) is 0 Å². The summed E-state index contributed by atoms with van der Waals surface area (Å²) in [5, 5.41) is 23.7. The highest BCUT2D eigenvalue weighted by atomic mass is 32.2. The van der Waals surface area contributed by atoms with Crippen molar-refractivity contribution >= 4 is 34.9 Å². The van der Waals surface area contributed by atoms with E-state index in [9.17, 15) is 4.79 Å². The number of urea groups is 1. The molecule has 0 aliphatic rings. The average molecular weight is 364 g/mol. The quantitative estimate of drug-likeness (QED) is 0.486. The lowest BCUT2D eigenvalue weighted by molar-refractivity contribution is 0.252. The van der Waals surface area contributed by atoms with Gasteiger partial charge in [-0.15, -0.1) is 16.4 Å². The Morgan fingerprint density at radius 1 is 1.42 bits per heavy atom. The molecule has 3 heterocycles. The van der Waals surface area contributed by atoms with E-state index >= 15 is 0 Å². The van der Waals surface area contributed by atoms with Crippen LogP contribution in [0.1, 0.15) is 4.88 Å². The fourth-order valence-electron chi connectivity index (χ4n) is 1.93. The van der Waals surface area contributed by atoms with Gasteiger partial charge in [-0.1, -0.05) is 17.8 Å². The number of amides is 2. The van der Waals surface area contributed by atoms with E-state index in [0.717, 1.165) is 0 Å². The van der Waals surface area contributed by atoms with Gasteiger partial charge < -0.3 is 5.32 Å². The zero-order valence-corrected chi connectivity index (χ0v) is 14.5. The topological polar surface area (TPSA) is 103 Å². The van der Waals surface area contributed by atoms with Gasteiger partial charge in [0.25, 0.3) is 0 Å². The number of thiophene rings is 1. The molecular weight excluding hydrogens is 348 g/mol. The van der Waals surface area contributed by atoms with E-state index in [1.165, 1.54) is 16.6 Å². The van der Waals surface area contributed by atoms with Crippen molar-refractivity contribution in [1.82, 2.24) is 35.3 Å². The summed E-state index contributed by atoms with van der Waals surface area (Å²) in [4.78, 5) is 13.2. The maximum Gasteiger partial charge on any atom is 0.320 e. The van der Waals surface area contributed by atoms with Crippen molar-refractivity contribution < 1.29 is 4.79 Å². The number of carbonyl (C=O) groups is 1. The van der Waals surface area contributed by atoms with Crippen molar-refractivity contribution in [3.05, 3.63) is 34.7 Å². The molecule has 0 fully saturated rings. The summed E-state index contributed by atoms with van der Waals surface area (Å²) in [6.07, 6.45) is 1.67. The number of carbonyl (C=O) groups excluding carboxylic acids is 1.